The zero-order valence-electron chi connectivity index (χ0n) is 12.2. The molecule has 0 bridgehead atoms. The highest BCUT2D eigenvalue weighted by Crippen LogP contribution is 2.33. The summed E-state index contributed by atoms with van der Waals surface area (Å²) in [5.41, 5.74) is 1.65. The molecule has 0 atom stereocenters. The Morgan fingerprint density at radius 3 is 2.26 bits per heavy atom. The molecule has 4 nitrogen and oxygen atoms in total. The lowest BCUT2D eigenvalue weighted by Crippen LogP contribution is -1.91. The van der Waals surface area contributed by atoms with Gasteiger partial charge in [0.05, 0.1) is 19.3 Å². The van der Waals surface area contributed by atoms with E-state index in [1.54, 1.807) is 31.4 Å². The molecule has 1 heterocycles. The highest BCUT2D eigenvalue weighted by atomic mass is 19.1. The summed E-state index contributed by atoms with van der Waals surface area (Å²) < 4.78 is 37.1. The molecular formula is C17H13F2NO3. The van der Waals surface area contributed by atoms with E-state index in [1.165, 1.54) is 0 Å². The van der Waals surface area contributed by atoms with Crippen LogP contribution in [0.4, 0.5) is 8.78 Å². The fraction of sp³-hybridized carbons (Fsp3) is 0.118. The molecule has 0 aliphatic carbocycles. The topological polar surface area (TPSA) is 55.5 Å². The Bertz CT molecular complexity index is 808. The maximum Gasteiger partial charge on any atom is 0.173 e. The molecule has 0 saturated heterocycles. The van der Waals surface area contributed by atoms with Crippen LogP contribution in [0.25, 0.3) is 22.6 Å². The van der Waals surface area contributed by atoms with Crippen molar-refractivity contribution in [1.82, 2.24) is 5.16 Å². The van der Waals surface area contributed by atoms with Crippen LogP contribution in [-0.2, 0) is 6.61 Å². The summed E-state index contributed by atoms with van der Waals surface area (Å²) in [6.07, 6.45) is 0. The summed E-state index contributed by atoms with van der Waals surface area (Å²) in [5.74, 6) is -0.649. The second-order valence-electron chi connectivity index (χ2n) is 4.88. The van der Waals surface area contributed by atoms with Crippen molar-refractivity contribution in [3.05, 3.63) is 59.7 Å². The zero-order valence-corrected chi connectivity index (χ0v) is 12.2. The van der Waals surface area contributed by atoms with Crippen LogP contribution in [0.3, 0.4) is 0 Å². The molecular weight excluding hydrogens is 304 g/mol. The summed E-state index contributed by atoms with van der Waals surface area (Å²) in [6, 6.07) is 10.0. The first-order valence-corrected chi connectivity index (χ1v) is 6.82. The van der Waals surface area contributed by atoms with Crippen LogP contribution in [-0.4, -0.2) is 17.4 Å². The van der Waals surface area contributed by atoms with Gasteiger partial charge in [-0.3, -0.25) is 0 Å². The third kappa shape index (κ3) is 2.93. The van der Waals surface area contributed by atoms with Gasteiger partial charge in [-0.15, -0.1) is 0 Å². The number of ether oxygens (including phenoxy) is 1. The van der Waals surface area contributed by atoms with Crippen LogP contribution in [0, 0.1) is 11.6 Å². The van der Waals surface area contributed by atoms with E-state index in [2.05, 4.69) is 5.16 Å². The lowest BCUT2D eigenvalue weighted by Gasteiger charge is -2.03. The Labute approximate surface area is 130 Å². The standard InChI is InChI=1S/C17H13F2NO3/c1-22-14-4-2-10(3-5-14)16-15(9-21)17(23-20-16)11-6-12(18)8-13(19)7-11/h2-8,21H,9H2,1H3. The van der Waals surface area contributed by atoms with Crippen molar-refractivity contribution >= 4 is 0 Å². The van der Waals surface area contributed by atoms with Gasteiger partial charge in [-0.25, -0.2) is 8.78 Å². The van der Waals surface area contributed by atoms with Crippen molar-refractivity contribution in [2.75, 3.05) is 7.11 Å². The second-order valence-corrected chi connectivity index (χ2v) is 4.88. The van der Waals surface area contributed by atoms with Gasteiger partial charge in [0.25, 0.3) is 0 Å². The van der Waals surface area contributed by atoms with Crippen molar-refractivity contribution in [1.29, 1.82) is 0 Å². The number of aliphatic hydroxyl groups excluding tert-OH is 1. The summed E-state index contributed by atoms with van der Waals surface area (Å²) in [4.78, 5) is 0. The molecule has 23 heavy (non-hydrogen) atoms. The van der Waals surface area contributed by atoms with Crippen LogP contribution in [0.2, 0.25) is 0 Å². The van der Waals surface area contributed by atoms with Gasteiger partial charge in [-0.05, 0) is 36.4 Å². The molecule has 0 aliphatic heterocycles. The second kappa shape index (κ2) is 6.18. The highest BCUT2D eigenvalue weighted by molar-refractivity contribution is 5.72. The first kappa shape index (κ1) is 15.2. The van der Waals surface area contributed by atoms with Gasteiger partial charge in [0.1, 0.15) is 23.1 Å². The quantitative estimate of drug-likeness (QED) is 0.795. The number of benzene rings is 2. The highest BCUT2D eigenvalue weighted by Gasteiger charge is 2.19. The average Bonchev–Trinajstić information content (AvgIpc) is 2.98. The van der Waals surface area contributed by atoms with Gasteiger partial charge in [0.2, 0.25) is 0 Å². The maximum absolute atomic E-state index is 13.4. The van der Waals surface area contributed by atoms with Crippen LogP contribution in [0.5, 0.6) is 5.75 Å². The minimum absolute atomic E-state index is 0.136. The Morgan fingerprint density at radius 1 is 1.04 bits per heavy atom. The van der Waals surface area contributed by atoms with Gasteiger partial charge in [0, 0.05) is 17.2 Å². The Hall–Kier alpha value is -2.73. The molecule has 1 N–H and O–H groups in total. The third-order valence-electron chi connectivity index (χ3n) is 3.43. The molecule has 0 fully saturated rings. The van der Waals surface area contributed by atoms with Gasteiger partial charge in [-0.1, -0.05) is 5.16 Å². The van der Waals surface area contributed by atoms with Gasteiger partial charge in [0.15, 0.2) is 5.76 Å². The number of nitrogens with zero attached hydrogens (tertiary/aromatic N) is 1. The molecule has 0 spiro atoms. The minimum Gasteiger partial charge on any atom is -0.497 e. The fourth-order valence-electron chi connectivity index (χ4n) is 2.34. The SMILES string of the molecule is COc1ccc(-c2noc(-c3cc(F)cc(F)c3)c2CO)cc1. The van der Waals surface area contributed by atoms with E-state index in [9.17, 15) is 13.9 Å². The first-order chi connectivity index (χ1) is 11.1. The van der Waals surface area contributed by atoms with E-state index in [0.29, 0.717) is 22.6 Å². The van der Waals surface area contributed by atoms with E-state index in [-0.39, 0.29) is 17.9 Å². The summed E-state index contributed by atoms with van der Waals surface area (Å²) in [6.45, 7) is -0.377. The monoisotopic (exact) mass is 317 g/mol. The predicted octanol–water partition coefficient (Wildman–Crippen LogP) is 3.79. The summed E-state index contributed by atoms with van der Waals surface area (Å²) >= 11 is 0. The minimum atomic E-state index is -0.730. The van der Waals surface area contributed by atoms with Crippen LogP contribution in [0.15, 0.2) is 47.0 Å². The number of rotatable bonds is 4. The Kier molecular flexibility index (Phi) is 4.08. The van der Waals surface area contributed by atoms with Crippen LogP contribution < -0.4 is 4.74 Å². The Balaban J connectivity index is 2.08. The van der Waals surface area contributed by atoms with Gasteiger partial charge < -0.3 is 14.4 Å². The first-order valence-electron chi connectivity index (χ1n) is 6.82. The molecule has 0 amide bonds. The van der Waals surface area contributed by atoms with Crippen molar-refractivity contribution in [3.8, 4) is 28.3 Å². The number of methoxy groups -OCH3 is 1. The van der Waals surface area contributed by atoms with Crippen LogP contribution >= 0.6 is 0 Å². The van der Waals surface area contributed by atoms with E-state index in [1.807, 2.05) is 0 Å². The van der Waals surface area contributed by atoms with E-state index in [0.717, 1.165) is 18.2 Å². The average molecular weight is 317 g/mol. The molecule has 2 aromatic carbocycles. The van der Waals surface area contributed by atoms with Crippen LogP contribution in [0.1, 0.15) is 5.56 Å². The maximum atomic E-state index is 13.4. The summed E-state index contributed by atoms with van der Waals surface area (Å²) in [5, 5.41) is 13.6. The number of hydrogen-bond donors (Lipinski definition) is 1. The fourth-order valence-corrected chi connectivity index (χ4v) is 2.34. The predicted molar refractivity (Wildman–Crippen MR) is 79.8 cm³/mol. The van der Waals surface area contributed by atoms with E-state index < -0.39 is 11.6 Å². The van der Waals surface area contributed by atoms with Crippen molar-refractivity contribution < 1.29 is 23.1 Å². The molecule has 1 aromatic heterocycles. The van der Waals surface area contributed by atoms with Gasteiger partial charge in [-0.2, -0.15) is 0 Å². The normalized spacial score (nSPS) is 10.8. The molecule has 0 unspecified atom stereocenters. The van der Waals surface area contributed by atoms with E-state index in [4.69, 9.17) is 9.26 Å². The van der Waals surface area contributed by atoms with Crippen molar-refractivity contribution in [2.45, 2.75) is 6.61 Å². The van der Waals surface area contributed by atoms with Crippen molar-refractivity contribution in [3.63, 3.8) is 0 Å². The summed E-state index contributed by atoms with van der Waals surface area (Å²) in [7, 11) is 1.56. The molecule has 3 rings (SSSR count). The molecule has 0 saturated carbocycles. The third-order valence-corrected chi connectivity index (χ3v) is 3.43. The molecule has 6 heteroatoms. The van der Waals surface area contributed by atoms with Crippen molar-refractivity contribution in [2.24, 2.45) is 0 Å². The number of hydrogen-bond acceptors (Lipinski definition) is 4. The number of aliphatic hydroxyl groups is 1. The number of aromatic nitrogens is 1. The lowest BCUT2D eigenvalue weighted by molar-refractivity contribution is 0.281. The van der Waals surface area contributed by atoms with E-state index >= 15 is 0 Å². The molecule has 0 aliphatic rings. The largest absolute Gasteiger partial charge is 0.497 e. The molecule has 118 valence electrons. The van der Waals surface area contributed by atoms with Gasteiger partial charge >= 0.3 is 0 Å². The molecule has 0 radical (unpaired) electrons. The number of halogens is 2. The molecule has 3 aromatic rings. The zero-order chi connectivity index (χ0) is 16.4. The smallest absolute Gasteiger partial charge is 0.173 e. The lowest BCUT2D eigenvalue weighted by atomic mass is 10.0. The Morgan fingerprint density at radius 2 is 1.70 bits per heavy atom.